The summed E-state index contributed by atoms with van der Waals surface area (Å²) >= 11 is 0. The quantitative estimate of drug-likeness (QED) is 0.807. The predicted molar refractivity (Wildman–Crippen MR) is 57.2 cm³/mol. The lowest BCUT2D eigenvalue weighted by molar-refractivity contribution is 0.0466. The number of esters is 1. The number of halogens is 2. The molecule has 1 aromatic heterocycles. The first-order valence-corrected chi connectivity index (χ1v) is 5.37. The van der Waals surface area contributed by atoms with E-state index in [-0.39, 0.29) is 13.2 Å². The van der Waals surface area contributed by atoms with Crippen molar-refractivity contribution >= 4 is 5.97 Å². The zero-order valence-electron chi connectivity index (χ0n) is 10.4. The van der Waals surface area contributed by atoms with Crippen LogP contribution in [0.15, 0.2) is 0 Å². The molecule has 1 N–H and O–H groups in total. The van der Waals surface area contributed by atoms with Gasteiger partial charge in [0.05, 0.1) is 18.8 Å². The number of rotatable bonds is 5. The number of alkyl halides is 2. The van der Waals surface area contributed by atoms with E-state index in [1.54, 1.807) is 6.92 Å². The minimum Gasteiger partial charge on any atom is -0.461 e. The summed E-state index contributed by atoms with van der Waals surface area (Å²) in [6, 6.07) is 0. The third-order valence-electron chi connectivity index (χ3n) is 1.99. The molecule has 6 nitrogen and oxygen atoms in total. The van der Waals surface area contributed by atoms with Gasteiger partial charge in [0.25, 0.3) is 6.43 Å². The maximum atomic E-state index is 12.9. The number of ether oxygens (including phenoxy) is 1. The summed E-state index contributed by atoms with van der Waals surface area (Å²) in [5.74, 6) is -0.949. The number of aliphatic hydroxyl groups is 1. The standard InChI is InChI=1S/C10H15F2N3O3/c1-4-18-9(16)6-7(8(11)12)15(14-13-6)5-10(2,3)17/h8,17H,4-5H2,1-3H3. The lowest BCUT2D eigenvalue weighted by Crippen LogP contribution is -2.28. The molecular weight excluding hydrogens is 248 g/mol. The molecular formula is C10H15F2N3O3. The average Bonchev–Trinajstić information content (AvgIpc) is 2.59. The van der Waals surface area contributed by atoms with Gasteiger partial charge in [-0.3, -0.25) is 0 Å². The van der Waals surface area contributed by atoms with E-state index < -0.39 is 29.4 Å². The van der Waals surface area contributed by atoms with Gasteiger partial charge in [0.2, 0.25) is 0 Å². The first-order chi connectivity index (χ1) is 8.26. The summed E-state index contributed by atoms with van der Waals surface area (Å²) in [6.07, 6.45) is -2.93. The highest BCUT2D eigenvalue weighted by molar-refractivity contribution is 5.88. The van der Waals surface area contributed by atoms with Gasteiger partial charge in [-0.1, -0.05) is 5.21 Å². The largest absolute Gasteiger partial charge is 0.461 e. The summed E-state index contributed by atoms with van der Waals surface area (Å²) < 4.78 is 31.2. The second kappa shape index (κ2) is 5.38. The van der Waals surface area contributed by atoms with Gasteiger partial charge in [0, 0.05) is 0 Å². The van der Waals surface area contributed by atoms with Crippen LogP contribution in [0.5, 0.6) is 0 Å². The number of hydrogen-bond acceptors (Lipinski definition) is 5. The third-order valence-corrected chi connectivity index (χ3v) is 1.99. The highest BCUT2D eigenvalue weighted by atomic mass is 19.3. The van der Waals surface area contributed by atoms with Crippen LogP contribution in [0.25, 0.3) is 0 Å². The predicted octanol–water partition coefficient (Wildman–Crippen LogP) is 1.16. The van der Waals surface area contributed by atoms with Crippen LogP contribution in [0.4, 0.5) is 8.78 Å². The lowest BCUT2D eigenvalue weighted by Gasteiger charge is -2.17. The Bertz CT molecular complexity index is 426. The summed E-state index contributed by atoms with van der Waals surface area (Å²) in [6.45, 7) is 4.29. The fourth-order valence-corrected chi connectivity index (χ4v) is 1.36. The van der Waals surface area contributed by atoms with Gasteiger partial charge >= 0.3 is 5.97 Å². The van der Waals surface area contributed by atoms with Crippen molar-refractivity contribution in [2.75, 3.05) is 6.61 Å². The van der Waals surface area contributed by atoms with Gasteiger partial charge in [0.1, 0.15) is 5.69 Å². The smallest absolute Gasteiger partial charge is 0.361 e. The highest BCUT2D eigenvalue weighted by Gasteiger charge is 2.29. The normalized spacial score (nSPS) is 11.9. The molecule has 0 saturated carbocycles. The Kier molecular flexibility index (Phi) is 4.33. The van der Waals surface area contributed by atoms with Gasteiger partial charge in [-0.05, 0) is 20.8 Å². The van der Waals surface area contributed by atoms with Crippen LogP contribution < -0.4 is 0 Å². The Morgan fingerprint density at radius 1 is 1.56 bits per heavy atom. The first-order valence-electron chi connectivity index (χ1n) is 5.37. The molecule has 0 aromatic carbocycles. The summed E-state index contributed by atoms with van der Waals surface area (Å²) in [4.78, 5) is 11.4. The Morgan fingerprint density at radius 3 is 2.61 bits per heavy atom. The fraction of sp³-hybridized carbons (Fsp3) is 0.700. The Hall–Kier alpha value is -1.57. The van der Waals surface area contributed by atoms with Crippen LogP contribution in [0.3, 0.4) is 0 Å². The molecule has 1 aromatic rings. The molecule has 1 rings (SSSR count). The number of nitrogens with zero attached hydrogens (tertiary/aromatic N) is 3. The molecule has 0 atom stereocenters. The first kappa shape index (κ1) is 14.5. The zero-order valence-corrected chi connectivity index (χ0v) is 10.4. The number of aromatic nitrogens is 3. The Balaban J connectivity index is 3.11. The van der Waals surface area contributed by atoms with Crippen LogP contribution in [0.2, 0.25) is 0 Å². The van der Waals surface area contributed by atoms with Crippen LogP contribution in [-0.4, -0.2) is 38.3 Å². The average molecular weight is 263 g/mol. The molecule has 0 spiro atoms. The molecule has 8 heteroatoms. The molecule has 0 aliphatic carbocycles. The van der Waals surface area contributed by atoms with Gasteiger partial charge in [-0.25, -0.2) is 18.3 Å². The zero-order chi connectivity index (χ0) is 13.9. The van der Waals surface area contributed by atoms with Crippen LogP contribution in [-0.2, 0) is 11.3 Å². The third kappa shape index (κ3) is 3.46. The van der Waals surface area contributed by atoms with E-state index in [4.69, 9.17) is 0 Å². The van der Waals surface area contributed by atoms with E-state index in [1.165, 1.54) is 13.8 Å². The topological polar surface area (TPSA) is 77.2 Å². The minimum atomic E-state index is -2.93. The minimum absolute atomic E-state index is 0.0554. The second-order valence-corrected chi connectivity index (χ2v) is 4.31. The molecule has 0 unspecified atom stereocenters. The maximum absolute atomic E-state index is 12.9. The number of carbonyl (C=O) groups excluding carboxylic acids is 1. The summed E-state index contributed by atoms with van der Waals surface area (Å²) in [7, 11) is 0. The van der Waals surface area contributed by atoms with Gasteiger partial charge in [-0.15, -0.1) is 5.10 Å². The van der Waals surface area contributed by atoms with Gasteiger partial charge in [-0.2, -0.15) is 0 Å². The monoisotopic (exact) mass is 263 g/mol. The summed E-state index contributed by atoms with van der Waals surface area (Å²) in [5, 5.41) is 16.4. The van der Waals surface area contributed by atoms with E-state index in [1.807, 2.05) is 0 Å². The fourth-order valence-electron chi connectivity index (χ4n) is 1.36. The molecule has 102 valence electrons. The number of hydrogen-bond donors (Lipinski definition) is 1. The molecule has 0 aliphatic heterocycles. The van der Waals surface area contributed by atoms with E-state index >= 15 is 0 Å². The SMILES string of the molecule is CCOC(=O)c1nnn(CC(C)(C)O)c1C(F)F. The molecule has 0 saturated heterocycles. The molecule has 0 amide bonds. The van der Waals surface area contributed by atoms with Crippen molar-refractivity contribution in [3.05, 3.63) is 11.4 Å². The van der Waals surface area contributed by atoms with Crippen molar-refractivity contribution in [3.63, 3.8) is 0 Å². The van der Waals surface area contributed by atoms with E-state index in [2.05, 4.69) is 15.0 Å². The molecule has 18 heavy (non-hydrogen) atoms. The molecule has 0 aliphatic rings. The van der Waals surface area contributed by atoms with Crippen LogP contribution in [0.1, 0.15) is 43.4 Å². The van der Waals surface area contributed by atoms with Crippen molar-refractivity contribution in [2.45, 2.75) is 39.3 Å². The van der Waals surface area contributed by atoms with Crippen molar-refractivity contribution in [1.29, 1.82) is 0 Å². The molecule has 1 heterocycles. The van der Waals surface area contributed by atoms with Crippen molar-refractivity contribution in [3.8, 4) is 0 Å². The van der Waals surface area contributed by atoms with E-state index in [0.29, 0.717) is 0 Å². The van der Waals surface area contributed by atoms with Crippen LogP contribution >= 0.6 is 0 Å². The summed E-state index contributed by atoms with van der Waals surface area (Å²) in [5.41, 5.74) is -2.41. The van der Waals surface area contributed by atoms with Gasteiger partial charge in [0.15, 0.2) is 5.69 Å². The van der Waals surface area contributed by atoms with Gasteiger partial charge < -0.3 is 9.84 Å². The lowest BCUT2D eigenvalue weighted by atomic mass is 10.1. The maximum Gasteiger partial charge on any atom is 0.361 e. The number of carbonyl (C=O) groups is 1. The van der Waals surface area contributed by atoms with Crippen molar-refractivity contribution in [1.82, 2.24) is 15.0 Å². The molecule has 0 fully saturated rings. The van der Waals surface area contributed by atoms with E-state index in [9.17, 15) is 18.7 Å². The second-order valence-electron chi connectivity index (χ2n) is 4.31. The highest BCUT2D eigenvalue weighted by Crippen LogP contribution is 2.23. The molecule has 0 radical (unpaired) electrons. The van der Waals surface area contributed by atoms with Crippen molar-refractivity contribution < 1.29 is 23.4 Å². The van der Waals surface area contributed by atoms with Crippen LogP contribution in [0, 0.1) is 0 Å². The Labute approximate surface area is 103 Å². The van der Waals surface area contributed by atoms with Crippen molar-refractivity contribution in [2.24, 2.45) is 0 Å². The Morgan fingerprint density at radius 2 is 2.17 bits per heavy atom. The van der Waals surface area contributed by atoms with E-state index in [0.717, 1.165) is 4.68 Å². The molecule has 0 bridgehead atoms.